The van der Waals surface area contributed by atoms with E-state index in [9.17, 15) is 9.90 Å². The predicted molar refractivity (Wildman–Crippen MR) is 86.1 cm³/mol. The van der Waals surface area contributed by atoms with E-state index in [1.54, 1.807) is 29.3 Å². The second kappa shape index (κ2) is 7.24. The summed E-state index contributed by atoms with van der Waals surface area (Å²) in [5.41, 5.74) is 1.12. The normalized spacial score (nSPS) is 17.1. The van der Waals surface area contributed by atoms with E-state index in [0.717, 1.165) is 25.1 Å². The highest BCUT2D eigenvalue weighted by atomic mass is 16.5. The van der Waals surface area contributed by atoms with Crippen LogP contribution in [0.1, 0.15) is 28.9 Å². The van der Waals surface area contributed by atoms with Gasteiger partial charge in [0, 0.05) is 19.3 Å². The van der Waals surface area contributed by atoms with E-state index in [4.69, 9.17) is 4.74 Å². The topological polar surface area (TPSA) is 62.7 Å². The lowest BCUT2D eigenvalue weighted by molar-refractivity contribution is 0.0502. The van der Waals surface area contributed by atoms with Gasteiger partial charge in [-0.3, -0.25) is 9.78 Å². The number of ether oxygens (including phenoxy) is 1. The number of aromatic nitrogens is 1. The number of hydrogen-bond donors (Lipinski definition) is 1. The highest BCUT2D eigenvalue weighted by Crippen LogP contribution is 2.21. The average molecular weight is 312 g/mol. The van der Waals surface area contributed by atoms with Crippen LogP contribution in [0.3, 0.4) is 0 Å². The van der Waals surface area contributed by atoms with E-state index in [2.05, 4.69) is 4.98 Å². The first-order valence-corrected chi connectivity index (χ1v) is 7.83. The summed E-state index contributed by atoms with van der Waals surface area (Å²) in [6, 6.07) is 12.3. The fraction of sp³-hybridized carbons (Fsp3) is 0.333. The summed E-state index contributed by atoms with van der Waals surface area (Å²) in [5.74, 6) is -0.208. The Kier molecular flexibility index (Phi) is 4.88. The molecule has 1 saturated heterocycles. The third-order valence-corrected chi connectivity index (χ3v) is 3.95. The molecule has 0 saturated carbocycles. The Balaban J connectivity index is 1.81. The maximum absolute atomic E-state index is 12.8. The number of carbonyl (C=O) groups is 1. The largest absolute Gasteiger partial charge is 0.507 e. The van der Waals surface area contributed by atoms with Crippen LogP contribution >= 0.6 is 0 Å². The third-order valence-electron chi connectivity index (χ3n) is 3.95. The van der Waals surface area contributed by atoms with Gasteiger partial charge in [0.2, 0.25) is 0 Å². The fourth-order valence-electron chi connectivity index (χ4n) is 2.77. The SMILES string of the molecule is O=C(c1ccccc1O)N(Cc1ccccn1)CC1CCCO1. The van der Waals surface area contributed by atoms with E-state index in [-0.39, 0.29) is 17.8 Å². The Bertz CT molecular complexity index is 654. The van der Waals surface area contributed by atoms with Crippen molar-refractivity contribution in [2.24, 2.45) is 0 Å². The molecule has 23 heavy (non-hydrogen) atoms. The smallest absolute Gasteiger partial charge is 0.258 e. The number of rotatable bonds is 5. The lowest BCUT2D eigenvalue weighted by Gasteiger charge is -2.25. The Morgan fingerprint density at radius 3 is 2.78 bits per heavy atom. The summed E-state index contributed by atoms with van der Waals surface area (Å²) in [6.07, 6.45) is 3.73. The van der Waals surface area contributed by atoms with Crippen LogP contribution in [-0.2, 0) is 11.3 Å². The monoisotopic (exact) mass is 312 g/mol. The Morgan fingerprint density at radius 1 is 1.26 bits per heavy atom. The van der Waals surface area contributed by atoms with Crippen molar-refractivity contribution in [3.05, 3.63) is 59.9 Å². The van der Waals surface area contributed by atoms with E-state index in [1.807, 2.05) is 18.2 Å². The highest BCUT2D eigenvalue weighted by molar-refractivity contribution is 5.96. The number of amides is 1. The van der Waals surface area contributed by atoms with Gasteiger partial charge in [0.1, 0.15) is 5.75 Å². The fourth-order valence-corrected chi connectivity index (χ4v) is 2.77. The maximum Gasteiger partial charge on any atom is 0.258 e. The first-order chi connectivity index (χ1) is 11.2. The zero-order valence-corrected chi connectivity index (χ0v) is 12.9. The van der Waals surface area contributed by atoms with Gasteiger partial charge in [-0.15, -0.1) is 0 Å². The minimum Gasteiger partial charge on any atom is -0.507 e. The molecule has 1 aromatic heterocycles. The molecule has 0 radical (unpaired) electrons. The molecule has 5 heteroatoms. The van der Waals surface area contributed by atoms with Gasteiger partial charge >= 0.3 is 0 Å². The molecule has 0 bridgehead atoms. The molecule has 1 amide bonds. The maximum atomic E-state index is 12.8. The number of para-hydroxylation sites is 1. The highest BCUT2D eigenvalue weighted by Gasteiger charge is 2.25. The van der Waals surface area contributed by atoms with Gasteiger partial charge < -0.3 is 14.7 Å². The van der Waals surface area contributed by atoms with Crippen molar-refractivity contribution < 1.29 is 14.6 Å². The Hall–Kier alpha value is -2.40. The van der Waals surface area contributed by atoms with Crippen LogP contribution < -0.4 is 0 Å². The van der Waals surface area contributed by atoms with Gasteiger partial charge in [0.25, 0.3) is 5.91 Å². The van der Waals surface area contributed by atoms with Crippen molar-refractivity contribution in [3.8, 4) is 5.75 Å². The van der Waals surface area contributed by atoms with Gasteiger partial charge in [0.05, 0.1) is 23.9 Å². The molecular weight excluding hydrogens is 292 g/mol. The summed E-state index contributed by atoms with van der Waals surface area (Å²) in [7, 11) is 0. The number of carbonyl (C=O) groups excluding carboxylic acids is 1. The lowest BCUT2D eigenvalue weighted by Crippen LogP contribution is -2.37. The Labute approximate surface area is 135 Å². The van der Waals surface area contributed by atoms with Crippen LogP contribution in [0.4, 0.5) is 0 Å². The molecule has 1 N–H and O–H groups in total. The van der Waals surface area contributed by atoms with Crippen molar-refractivity contribution in [2.45, 2.75) is 25.5 Å². The Morgan fingerprint density at radius 2 is 2.09 bits per heavy atom. The quantitative estimate of drug-likeness (QED) is 0.922. The van der Waals surface area contributed by atoms with E-state index in [1.165, 1.54) is 6.07 Å². The van der Waals surface area contributed by atoms with E-state index in [0.29, 0.717) is 18.7 Å². The minimum atomic E-state index is -0.204. The predicted octanol–water partition coefficient (Wildman–Crippen LogP) is 2.61. The van der Waals surface area contributed by atoms with Gasteiger partial charge in [-0.1, -0.05) is 18.2 Å². The summed E-state index contributed by atoms with van der Waals surface area (Å²) in [5, 5.41) is 9.96. The molecule has 1 fully saturated rings. The van der Waals surface area contributed by atoms with Crippen LogP contribution in [0, 0.1) is 0 Å². The molecule has 1 unspecified atom stereocenters. The first-order valence-electron chi connectivity index (χ1n) is 7.83. The van der Waals surface area contributed by atoms with Crippen molar-refractivity contribution in [3.63, 3.8) is 0 Å². The zero-order chi connectivity index (χ0) is 16.1. The van der Waals surface area contributed by atoms with Crippen LogP contribution in [0.25, 0.3) is 0 Å². The molecular formula is C18H20N2O3. The van der Waals surface area contributed by atoms with Gasteiger partial charge in [0.15, 0.2) is 0 Å². The second-order valence-electron chi connectivity index (χ2n) is 5.66. The van der Waals surface area contributed by atoms with Crippen LogP contribution in [0.15, 0.2) is 48.7 Å². The molecule has 5 nitrogen and oxygen atoms in total. The summed E-state index contributed by atoms with van der Waals surface area (Å²) < 4.78 is 5.66. The van der Waals surface area contributed by atoms with Gasteiger partial charge in [-0.25, -0.2) is 0 Å². The lowest BCUT2D eigenvalue weighted by atomic mass is 10.1. The molecule has 0 aliphatic carbocycles. The van der Waals surface area contributed by atoms with E-state index < -0.39 is 0 Å². The standard InChI is InChI=1S/C18H20N2O3/c21-17-9-2-1-8-16(17)18(22)20(13-15-7-5-11-23-15)12-14-6-3-4-10-19-14/h1-4,6,8-10,15,21H,5,7,11-13H2. The molecule has 2 aromatic rings. The zero-order valence-electron chi connectivity index (χ0n) is 12.9. The number of phenols is 1. The van der Waals surface area contributed by atoms with Crippen molar-refractivity contribution in [1.29, 1.82) is 0 Å². The van der Waals surface area contributed by atoms with Crippen LogP contribution in [-0.4, -0.2) is 40.2 Å². The van der Waals surface area contributed by atoms with Gasteiger partial charge in [-0.05, 0) is 37.1 Å². The number of phenolic OH excluding ortho intramolecular Hbond substituents is 1. The number of aromatic hydroxyl groups is 1. The number of benzene rings is 1. The second-order valence-corrected chi connectivity index (χ2v) is 5.66. The molecule has 1 aromatic carbocycles. The van der Waals surface area contributed by atoms with Gasteiger partial charge in [-0.2, -0.15) is 0 Å². The summed E-state index contributed by atoms with van der Waals surface area (Å²) in [6.45, 7) is 1.64. The van der Waals surface area contributed by atoms with Crippen LogP contribution in [0.2, 0.25) is 0 Å². The average Bonchev–Trinajstić information content (AvgIpc) is 3.08. The van der Waals surface area contributed by atoms with E-state index >= 15 is 0 Å². The number of nitrogens with zero attached hydrogens (tertiary/aromatic N) is 2. The molecule has 2 heterocycles. The summed E-state index contributed by atoms with van der Waals surface area (Å²) in [4.78, 5) is 18.8. The number of pyridine rings is 1. The molecule has 120 valence electrons. The third kappa shape index (κ3) is 3.87. The minimum absolute atomic E-state index is 0.00383. The van der Waals surface area contributed by atoms with Crippen molar-refractivity contribution in [2.75, 3.05) is 13.2 Å². The number of hydrogen-bond acceptors (Lipinski definition) is 4. The molecule has 0 spiro atoms. The summed E-state index contributed by atoms with van der Waals surface area (Å²) >= 11 is 0. The molecule has 1 aliphatic rings. The van der Waals surface area contributed by atoms with Crippen molar-refractivity contribution >= 4 is 5.91 Å². The first kappa shape index (κ1) is 15.5. The van der Waals surface area contributed by atoms with Crippen molar-refractivity contribution in [1.82, 2.24) is 9.88 Å². The molecule has 1 aliphatic heterocycles. The molecule has 1 atom stereocenters. The van der Waals surface area contributed by atoms with Crippen LogP contribution in [0.5, 0.6) is 5.75 Å². The molecule has 3 rings (SSSR count).